The second-order valence-electron chi connectivity index (χ2n) is 8.71. The van der Waals surface area contributed by atoms with Crippen molar-refractivity contribution in [3.63, 3.8) is 0 Å². The molecule has 0 aliphatic carbocycles. The highest BCUT2D eigenvalue weighted by Crippen LogP contribution is 2.24. The Morgan fingerprint density at radius 1 is 1.05 bits per heavy atom. The van der Waals surface area contributed by atoms with Crippen LogP contribution in [-0.2, 0) is 14.8 Å². The van der Waals surface area contributed by atoms with Crippen LogP contribution in [0.1, 0.15) is 23.2 Å². The summed E-state index contributed by atoms with van der Waals surface area (Å²) in [5.74, 6) is -2.28. The van der Waals surface area contributed by atoms with E-state index in [1.807, 2.05) is 4.90 Å². The average Bonchev–Trinajstić information content (AvgIpc) is 2.92. The molecular weight excluding hydrogens is 515 g/mol. The number of carbonyl (C=O) groups excluding carboxylic acids is 1. The van der Waals surface area contributed by atoms with Crippen LogP contribution in [0.4, 0.5) is 16.0 Å². The van der Waals surface area contributed by atoms with Gasteiger partial charge in [0, 0.05) is 49.3 Å². The molecule has 1 aromatic heterocycles. The molecule has 4 rings (SSSR count). The van der Waals surface area contributed by atoms with E-state index >= 15 is 0 Å². The minimum atomic E-state index is -4.13. The standard InChI is InChI=1S/C25H27FN6O5S/c26-18-13-17(14-20(15-18)32-11-7-19(8-12-32)30-25-27-9-4-10-28-25)23(33)29-16-22(24(34)35)31-38(36,37)21-5-2-1-3-6-21/h1-6,9-10,13-15,19,22,31H,7-8,11-12,16H2,(H,29,33)(H,34,35)(H,27,28,30). The summed E-state index contributed by atoms with van der Waals surface area (Å²) in [6, 6.07) is 11.4. The molecule has 1 saturated heterocycles. The van der Waals surface area contributed by atoms with Crippen molar-refractivity contribution in [2.45, 2.75) is 29.8 Å². The van der Waals surface area contributed by atoms with E-state index in [-0.39, 0.29) is 16.5 Å². The topological polar surface area (TPSA) is 154 Å². The second kappa shape index (κ2) is 12.0. The first-order chi connectivity index (χ1) is 18.2. The highest BCUT2D eigenvalue weighted by atomic mass is 32.2. The fourth-order valence-electron chi connectivity index (χ4n) is 4.06. The van der Waals surface area contributed by atoms with Gasteiger partial charge in [0.05, 0.1) is 4.90 Å². The van der Waals surface area contributed by atoms with Crippen molar-refractivity contribution < 1.29 is 27.5 Å². The normalized spacial score (nSPS) is 15.0. The van der Waals surface area contributed by atoms with Crippen molar-refractivity contribution in [1.29, 1.82) is 0 Å². The van der Waals surface area contributed by atoms with Gasteiger partial charge in [-0.15, -0.1) is 0 Å². The predicted molar refractivity (Wildman–Crippen MR) is 138 cm³/mol. The van der Waals surface area contributed by atoms with Crippen molar-refractivity contribution in [3.05, 3.63) is 78.4 Å². The summed E-state index contributed by atoms with van der Waals surface area (Å²) in [6.07, 6.45) is 4.80. The smallest absolute Gasteiger partial charge is 0.323 e. The third kappa shape index (κ3) is 7.01. The molecule has 1 fully saturated rings. The summed E-state index contributed by atoms with van der Waals surface area (Å²) < 4.78 is 41.5. The Morgan fingerprint density at radius 3 is 2.39 bits per heavy atom. The summed E-state index contributed by atoms with van der Waals surface area (Å²) in [6.45, 7) is 0.680. The van der Waals surface area contributed by atoms with Gasteiger partial charge >= 0.3 is 5.97 Å². The number of amides is 1. The number of carboxylic acid groups (broad SMARTS) is 1. The van der Waals surface area contributed by atoms with E-state index in [1.165, 1.54) is 36.4 Å². The molecule has 4 N–H and O–H groups in total. The first kappa shape index (κ1) is 26.9. The van der Waals surface area contributed by atoms with Crippen LogP contribution in [0.2, 0.25) is 0 Å². The number of anilines is 2. The summed E-state index contributed by atoms with van der Waals surface area (Å²) in [7, 11) is -4.13. The molecule has 38 heavy (non-hydrogen) atoms. The van der Waals surface area contributed by atoms with E-state index in [1.54, 1.807) is 24.5 Å². The van der Waals surface area contributed by atoms with Crippen LogP contribution >= 0.6 is 0 Å². The van der Waals surface area contributed by atoms with Gasteiger partial charge in [-0.2, -0.15) is 4.72 Å². The van der Waals surface area contributed by atoms with Crippen LogP contribution in [0.3, 0.4) is 0 Å². The maximum atomic E-state index is 14.4. The maximum Gasteiger partial charge on any atom is 0.323 e. The van der Waals surface area contributed by atoms with Crippen molar-refractivity contribution >= 4 is 33.5 Å². The Bertz CT molecular complexity index is 1370. The van der Waals surface area contributed by atoms with Gasteiger partial charge < -0.3 is 20.6 Å². The van der Waals surface area contributed by atoms with Gasteiger partial charge in [0.15, 0.2) is 0 Å². The van der Waals surface area contributed by atoms with Gasteiger partial charge in [-0.3, -0.25) is 9.59 Å². The number of halogens is 1. The fraction of sp³-hybridized carbons (Fsp3) is 0.280. The van der Waals surface area contributed by atoms with Gasteiger partial charge in [0.25, 0.3) is 5.91 Å². The lowest BCUT2D eigenvalue weighted by Gasteiger charge is -2.34. The predicted octanol–water partition coefficient (Wildman–Crippen LogP) is 1.86. The zero-order chi connectivity index (χ0) is 27.1. The SMILES string of the molecule is O=C(NCC(NS(=O)(=O)c1ccccc1)C(=O)O)c1cc(F)cc(N2CCC(Nc3ncccn3)CC2)c1. The van der Waals surface area contributed by atoms with E-state index in [0.717, 1.165) is 18.9 Å². The number of carbonyl (C=O) groups is 2. The number of sulfonamides is 1. The number of hydrogen-bond acceptors (Lipinski definition) is 8. The van der Waals surface area contributed by atoms with Crippen LogP contribution in [0, 0.1) is 5.82 Å². The molecule has 0 bridgehead atoms. The molecule has 0 saturated carbocycles. The molecule has 0 radical (unpaired) electrons. The van der Waals surface area contributed by atoms with Crippen LogP contribution < -0.4 is 20.3 Å². The van der Waals surface area contributed by atoms with E-state index in [2.05, 4.69) is 25.3 Å². The minimum Gasteiger partial charge on any atom is -0.480 e. The van der Waals surface area contributed by atoms with Gasteiger partial charge in [-0.1, -0.05) is 18.2 Å². The number of rotatable bonds is 10. The molecule has 1 unspecified atom stereocenters. The molecule has 13 heteroatoms. The highest BCUT2D eigenvalue weighted by Gasteiger charge is 2.26. The third-order valence-electron chi connectivity index (χ3n) is 6.02. The monoisotopic (exact) mass is 542 g/mol. The first-order valence-corrected chi connectivity index (χ1v) is 13.4. The zero-order valence-corrected chi connectivity index (χ0v) is 21.1. The Hall–Kier alpha value is -4.10. The Kier molecular flexibility index (Phi) is 8.48. The lowest BCUT2D eigenvalue weighted by molar-refractivity contribution is -0.138. The molecule has 2 heterocycles. The number of aliphatic carboxylic acids is 1. The molecule has 3 aromatic rings. The molecule has 1 amide bonds. The Morgan fingerprint density at radius 2 is 1.74 bits per heavy atom. The van der Waals surface area contributed by atoms with E-state index in [0.29, 0.717) is 24.7 Å². The van der Waals surface area contributed by atoms with Crippen molar-refractivity contribution in [3.8, 4) is 0 Å². The summed E-state index contributed by atoms with van der Waals surface area (Å²) in [4.78, 5) is 34.6. The van der Waals surface area contributed by atoms with Crippen LogP contribution in [0.15, 0.2) is 71.9 Å². The molecule has 1 atom stereocenters. The largest absolute Gasteiger partial charge is 0.480 e. The van der Waals surface area contributed by atoms with Gasteiger partial charge in [-0.25, -0.2) is 22.8 Å². The number of aromatic nitrogens is 2. The summed E-state index contributed by atoms with van der Waals surface area (Å²) in [5.41, 5.74) is 0.511. The number of nitrogens with zero attached hydrogens (tertiary/aromatic N) is 3. The molecular formula is C25H27FN6O5S. The van der Waals surface area contributed by atoms with E-state index < -0.39 is 40.3 Å². The van der Waals surface area contributed by atoms with Gasteiger partial charge in [0.2, 0.25) is 16.0 Å². The molecule has 200 valence electrons. The third-order valence-corrected chi connectivity index (χ3v) is 7.51. The highest BCUT2D eigenvalue weighted by molar-refractivity contribution is 7.89. The van der Waals surface area contributed by atoms with Crippen molar-refractivity contribution in [2.75, 3.05) is 29.9 Å². The summed E-state index contributed by atoms with van der Waals surface area (Å²) >= 11 is 0. The molecule has 0 spiro atoms. The molecule has 11 nitrogen and oxygen atoms in total. The number of hydrogen-bond donors (Lipinski definition) is 4. The number of nitrogens with one attached hydrogen (secondary N) is 3. The molecule has 2 aromatic carbocycles. The Labute approximate surface area is 219 Å². The fourth-order valence-corrected chi connectivity index (χ4v) is 5.27. The summed E-state index contributed by atoms with van der Waals surface area (Å²) in [5, 5.41) is 15.1. The number of piperidine rings is 1. The van der Waals surface area contributed by atoms with Crippen LogP contribution in [-0.4, -0.2) is 67.1 Å². The van der Waals surface area contributed by atoms with Crippen LogP contribution in [0.5, 0.6) is 0 Å². The van der Waals surface area contributed by atoms with Crippen LogP contribution in [0.25, 0.3) is 0 Å². The van der Waals surface area contributed by atoms with Crippen molar-refractivity contribution in [1.82, 2.24) is 20.0 Å². The van der Waals surface area contributed by atoms with Gasteiger partial charge in [-0.05, 0) is 49.2 Å². The lowest BCUT2D eigenvalue weighted by atomic mass is 10.0. The van der Waals surface area contributed by atoms with Crippen molar-refractivity contribution in [2.24, 2.45) is 0 Å². The molecule has 1 aliphatic rings. The Balaban J connectivity index is 1.37. The molecule has 1 aliphatic heterocycles. The maximum absolute atomic E-state index is 14.4. The van der Waals surface area contributed by atoms with E-state index in [4.69, 9.17) is 0 Å². The number of carboxylic acids is 1. The minimum absolute atomic E-state index is 0.00649. The second-order valence-corrected chi connectivity index (χ2v) is 10.4. The number of benzene rings is 2. The zero-order valence-electron chi connectivity index (χ0n) is 20.2. The van der Waals surface area contributed by atoms with Gasteiger partial charge in [0.1, 0.15) is 11.9 Å². The first-order valence-electron chi connectivity index (χ1n) is 11.9. The average molecular weight is 543 g/mol. The van der Waals surface area contributed by atoms with E-state index in [9.17, 15) is 27.5 Å². The quantitative estimate of drug-likeness (QED) is 0.301. The lowest BCUT2D eigenvalue weighted by Crippen LogP contribution is -2.48.